The molecule has 2 bridgehead atoms. The maximum atomic E-state index is 4.35. The molecule has 0 amide bonds. The van der Waals surface area contributed by atoms with Gasteiger partial charge in [0, 0.05) is 16.2 Å². The molecular weight excluding hydrogens is 288 g/mol. The average molecular weight is 312 g/mol. The van der Waals surface area contributed by atoms with Crippen molar-refractivity contribution in [2.75, 3.05) is 0 Å². The Morgan fingerprint density at radius 3 is 1.58 bits per heavy atom. The van der Waals surface area contributed by atoms with Crippen LogP contribution in [0.1, 0.15) is 43.2 Å². The summed E-state index contributed by atoms with van der Waals surface area (Å²) in [4.78, 5) is 0. The summed E-state index contributed by atoms with van der Waals surface area (Å²) in [7, 11) is 0. The quantitative estimate of drug-likeness (QED) is 0.573. The highest BCUT2D eigenvalue weighted by Gasteiger charge is 2.70. The first-order chi connectivity index (χ1) is 11.7. The van der Waals surface area contributed by atoms with Crippen LogP contribution in [-0.4, -0.2) is 0 Å². The zero-order valence-electron chi connectivity index (χ0n) is 14.2. The molecule has 120 valence electrons. The van der Waals surface area contributed by atoms with E-state index in [9.17, 15) is 0 Å². The van der Waals surface area contributed by atoms with Crippen molar-refractivity contribution in [3.05, 3.63) is 85.0 Å². The minimum atomic E-state index is 0.0228. The Hall–Kier alpha value is -2.08. The monoisotopic (exact) mass is 312 g/mol. The van der Waals surface area contributed by atoms with Crippen LogP contribution in [0.3, 0.4) is 0 Å². The number of allylic oxidation sites excluding steroid dienone is 2. The van der Waals surface area contributed by atoms with Crippen molar-refractivity contribution in [1.82, 2.24) is 0 Å². The lowest BCUT2D eigenvalue weighted by molar-refractivity contribution is 0.100. The van der Waals surface area contributed by atoms with Gasteiger partial charge in [0.2, 0.25) is 0 Å². The summed E-state index contributed by atoms with van der Waals surface area (Å²) >= 11 is 0. The highest BCUT2D eigenvalue weighted by Crippen LogP contribution is 2.76. The number of hydrogen-bond acceptors (Lipinski definition) is 0. The molecule has 0 heterocycles. The summed E-state index contributed by atoms with van der Waals surface area (Å²) in [5.41, 5.74) is 6.22. The highest BCUT2D eigenvalue weighted by atomic mass is 14.7. The molecule has 3 aliphatic rings. The second kappa shape index (κ2) is 4.51. The molecule has 24 heavy (non-hydrogen) atoms. The van der Waals surface area contributed by atoms with Gasteiger partial charge in [0.25, 0.3) is 0 Å². The Morgan fingerprint density at radius 2 is 1.12 bits per heavy atom. The summed E-state index contributed by atoms with van der Waals surface area (Å²) in [6.07, 6.45) is 10.8. The third kappa shape index (κ3) is 1.27. The van der Waals surface area contributed by atoms with Crippen LogP contribution in [0.15, 0.2) is 73.8 Å². The predicted octanol–water partition coefficient (Wildman–Crippen LogP) is 6.28. The van der Waals surface area contributed by atoms with E-state index in [0.29, 0.717) is 0 Å². The smallest absolute Gasteiger partial charge is 0.0396 e. The van der Waals surface area contributed by atoms with Crippen LogP contribution in [0.25, 0.3) is 11.1 Å². The topological polar surface area (TPSA) is 0 Å². The van der Waals surface area contributed by atoms with Crippen LogP contribution in [0.2, 0.25) is 0 Å². The molecule has 2 atom stereocenters. The van der Waals surface area contributed by atoms with Crippen molar-refractivity contribution in [2.45, 2.75) is 37.5 Å². The second-order valence-electron chi connectivity index (χ2n) is 7.92. The fourth-order valence-corrected chi connectivity index (χ4v) is 6.68. The van der Waals surface area contributed by atoms with Gasteiger partial charge in [0.05, 0.1) is 0 Å². The first-order valence-electron chi connectivity index (χ1n) is 9.21. The number of fused-ring (bicyclic) bond motifs is 3. The van der Waals surface area contributed by atoms with Crippen molar-refractivity contribution in [3.63, 3.8) is 0 Å². The molecule has 5 rings (SSSR count). The zero-order chi connectivity index (χ0) is 16.4. The zero-order valence-corrected chi connectivity index (χ0v) is 14.2. The summed E-state index contributed by atoms with van der Waals surface area (Å²) < 4.78 is 0. The van der Waals surface area contributed by atoms with Crippen LogP contribution in [0, 0.1) is 10.8 Å². The Kier molecular flexibility index (Phi) is 2.68. The molecule has 1 spiro atoms. The normalized spacial score (nSPS) is 31.5. The van der Waals surface area contributed by atoms with Crippen LogP contribution in [-0.2, 0) is 5.41 Å². The third-order valence-corrected chi connectivity index (χ3v) is 7.49. The van der Waals surface area contributed by atoms with E-state index < -0.39 is 0 Å². The molecule has 2 saturated carbocycles. The lowest BCUT2D eigenvalue weighted by Gasteiger charge is -2.55. The largest absolute Gasteiger partial charge is 0.102 e. The molecule has 2 fully saturated rings. The van der Waals surface area contributed by atoms with E-state index in [4.69, 9.17) is 0 Å². The number of rotatable bonds is 2. The Morgan fingerprint density at radius 1 is 0.667 bits per heavy atom. The van der Waals surface area contributed by atoms with Crippen molar-refractivity contribution < 1.29 is 0 Å². The van der Waals surface area contributed by atoms with Crippen LogP contribution < -0.4 is 0 Å². The molecule has 0 N–H and O–H groups in total. The summed E-state index contributed by atoms with van der Waals surface area (Å²) in [5, 5.41) is 0. The van der Waals surface area contributed by atoms with Gasteiger partial charge in [-0.3, -0.25) is 0 Å². The van der Waals surface area contributed by atoms with Crippen molar-refractivity contribution >= 4 is 0 Å². The minimum absolute atomic E-state index is 0.0228. The third-order valence-electron chi connectivity index (χ3n) is 7.49. The minimum Gasteiger partial charge on any atom is -0.102 e. The van der Waals surface area contributed by atoms with Crippen molar-refractivity contribution in [3.8, 4) is 11.1 Å². The fraction of sp³-hybridized carbons (Fsp3) is 0.333. The van der Waals surface area contributed by atoms with Gasteiger partial charge in [-0.2, -0.15) is 0 Å². The molecule has 0 heteroatoms. The molecule has 0 saturated heterocycles. The lowest BCUT2D eigenvalue weighted by Crippen LogP contribution is -2.52. The summed E-state index contributed by atoms with van der Waals surface area (Å²) in [6.45, 7) is 8.70. The predicted molar refractivity (Wildman–Crippen MR) is 101 cm³/mol. The molecule has 2 aromatic carbocycles. The molecule has 2 unspecified atom stereocenters. The van der Waals surface area contributed by atoms with Gasteiger partial charge in [-0.1, -0.05) is 67.1 Å². The molecule has 0 aliphatic heterocycles. The lowest BCUT2D eigenvalue weighted by atomic mass is 9.46. The maximum Gasteiger partial charge on any atom is 0.0396 e. The molecular formula is C24H24. The van der Waals surface area contributed by atoms with E-state index in [1.807, 2.05) is 0 Å². The number of hydrogen-bond donors (Lipinski definition) is 0. The SMILES string of the molecule is C=CC12CCCC(C=C)(CC1)C21c2ccccc2-c2ccccc21. The van der Waals surface area contributed by atoms with Crippen LogP contribution in [0.4, 0.5) is 0 Å². The van der Waals surface area contributed by atoms with Crippen LogP contribution in [0.5, 0.6) is 0 Å². The van der Waals surface area contributed by atoms with E-state index in [1.165, 1.54) is 54.4 Å². The Labute approximate surface area is 144 Å². The van der Waals surface area contributed by atoms with E-state index in [0.717, 1.165) is 0 Å². The van der Waals surface area contributed by atoms with E-state index in [2.05, 4.69) is 73.8 Å². The van der Waals surface area contributed by atoms with Gasteiger partial charge in [-0.15, -0.1) is 13.2 Å². The van der Waals surface area contributed by atoms with Crippen molar-refractivity contribution in [1.29, 1.82) is 0 Å². The molecule has 3 aliphatic carbocycles. The Bertz CT molecular complexity index is 786. The average Bonchev–Trinajstić information content (AvgIpc) is 3.01. The van der Waals surface area contributed by atoms with E-state index in [-0.39, 0.29) is 16.2 Å². The van der Waals surface area contributed by atoms with Gasteiger partial charge in [0.15, 0.2) is 0 Å². The molecule has 0 aromatic heterocycles. The van der Waals surface area contributed by atoms with E-state index in [1.54, 1.807) is 0 Å². The molecule has 2 aromatic rings. The van der Waals surface area contributed by atoms with Crippen LogP contribution >= 0.6 is 0 Å². The first kappa shape index (κ1) is 14.3. The van der Waals surface area contributed by atoms with Crippen molar-refractivity contribution in [2.24, 2.45) is 10.8 Å². The van der Waals surface area contributed by atoms with Gasteiger partial charge >= 0.3 is 0 Å². The van der Waals surface area contributed by atoms with Gasteiger partial charge in [0.1, 0.15) is 0 Å². The highest BCUT2D eigenvalue weighted by molar-refractivity contribution is 5.83. The second-order valence-corrected chi connectivity index (χ2v) is 7.92. The molecule has 0 radical (unpaired) electrons. The number of benzene rings is 2. The molecule has 0 nitrogen and oxygen atoms in total. The first-order valence-corrected chi connectivity index (χ1v) is 9.21. The maximum absolute atomic E-state index is 4.35. The standard InChI is InChI=1S/C24H24/c1-3-22-14-9-15-23(4-2,17-16-22)24(22)20-12-7-5-10-18(20)19-11-6-8-13-21(19)24/h3-8,10-13H,1-2,9,14-17H2. The Balaban J connectivity index is 1.99. The summed E-state index contributed by atoms with van der Waals surface area (Å²) in [5.74, 6) is 0. The van der Waals surface area contributed by atoms with Gasteiger partial charge in [-0.25, -0.2) is 0 Å². The summed E-state index contributed by atoms with van der Waals surface area (Å²) in [6, 6.07) is 18.2. The fourth-order valence-electron chi connectivity index (χ4n) is 6.68. The van der Waals surface area contributed by atoms with Gasteiger partial charge in [-0.05, 0) is 47.9 Å². The van der Waals surface area contributed by atoms with Gasteiger partial charge < -0.3 is 0 Å². The van der Waals surface area contributed by atoms with E-state index >= 15 is 0 Å².